The van der Waals surface area contributed by atoms with Gasteiger partial charge in [0.1, 0.15) is 0 Å². The van der Waals surface area contributed by atoms with Crippen LogP contribution >= 0.6 is 0 Å². The molecule has 1 amide bonds. The molecule has 0 bridgehead atoms. The Labute approximate surface area is 123 Å². The van der Waals surface area contributed by atoms with Crippen molar-refractivity contribution in [1.29, 1.82) is 0 Å². The predicted molar refractivity (Wildman–Crippen MR) is 78.7 cm³/mol. The number of sulfone groups is 1. The molecule has 0 aliphatic rings. The van der Waals surface area contributed by atoms with Crippen LogP contribution in [0, 0.1) is 0 Å². The maximum absolute atomic E-state index is 12.1. The number of amides is 1. The van der Waals surface area contributed by atoms with Gasteiger partial charge in [-0.15, -0.1) is 0 Å². The Balaban J connectivity index is 2.00. The van der Waals surface area contributed by atoms with Crippen LogP contribution in [0.2, 0.25) is 0 Å². The standard InChI is InChI=1S/C14H17N3O3S/c1-11(10-17-9-3-8-15-17)16-14(18)12-4-6-13(7-5-12)21(2,19)20/h3-9,11H,10H2,1-2H3,(H,16,18). The first kappa shape index (κ1) is 15.2. The molecule has 0 saturated heterocycles. The Bertz CT molecular complexity index is 706. The lowest BCUT2D eigenvalue weighted by Gasteiger charge is -2.14. The Kier molecular flexibility index (Phi) is 4.42. The Morgan fingerprint density at radius 1 is 1.33 bits per heavy atom. The van der Waals surface area contributed by atoms with E-state index in [1.807, 2.05) is 19.2 Å². The van der Waals surface area contributed by atoms with E-state index in [9.17, 15) is 13.2 Å². The molecule has 0 fully saturated rings. The number of carbonyl (C=O) groups excluding carboxylic acids is 1. The van der Waals surface area contributed by atoms with Crippen molar-refractivity contribution in [2.24, 2.45) is 0 Å². The second-order valence-electron chi connectivity index (χ2n) is 4.90. The van der Waals surface area contributed by atoms with Crippen LogP contribution in [0.5, 0.6) is 0 Å². The molecule has 6 nitrogen and oxygen atoms in total. The lowest BCUT2D eigenvalue weighted by Crippen LogP contribution is -2.35. The third-order valence-electron chi connectivity index (χ3n) is 2.94. The average Bonchev–Trinajstić information content (AvgIpc) is 2.90. The molecule has 1 atom stereocenters. The van der Waals surface area contributed by atoms with Gasteiger partial charge in [-0.3, -0.25) is 9.48 Å². The smallest absolute Gasteiger partial charge is 0.251 e. The summed E-state index contributed by atoms with van der Waals surface area (Å²) in [5, 5.41) is 6.92. The lowest BCUT2D eigenvalue weighted by molar-refractivity contribution is 0.0936. The number of hydrogen-bond donors (Lipinski definition) is 1. The molecular formula is C14H17N3O3S. The summed E-state index contributed by atoms with van der Waals surface area (Å²) in [6.45, 7) is 2.45. The molecule has 2 aromatic rings. The van der Waals surface area contributed by atoms with E-state index in [1.165, 1.54) is 24.3 Å². The van der Waals surface area contributed by atoms with E-state index in [1.54, 1.807) is 10.9 Å². The highest BCUT2D eigenvalue weighted by Gasteiger charge is 2.12. The first-order valence-electron chi connectivity index (χ1n) is 6.44. The molecule has 0 radical (unpaired) electrons. The predicted octanol–water partition coefficient (Wildman–Crippen LogP) is 1.11. The van der Waals surface area contributed by atoms with Crippen molar-refractivity contribution in [1.82, 2.24) is 15.1 Å². The third kappa shape index (κ3) is 4.16. The minimum Gasteiger partial charge on any atom is -0.348 e. The maximum Gasteiger partial charge on any atom is 0.251 e. The number of hydrogen-bond acceptors (Lipinski definition) is 4. The average molecular weight is 307 g/mol. The number of rotatable bonds is 5. The Morgan fingerprint density at radius 3 is 2.52 bits per heavy atom. The molecule has 0 aliphatic heterocycles. The van der Waals surface area contributed by atoms with E-state index >= 15 is 0 Å². The molecule has 1 unspecified atom stereocenters. The SMILES string of the molecule is CC(Cn1cccn1)NC(=O)c1ccc(S(C)(=O)=O)cc1. The Morgan fingerprint density at radius 2 is 2.00 bits per heavy atom. The number of nitrogens with zero attached hydrogens (tertiary/aromatic N) is 2. The Hall–Kier alpha value is -2.15. The minimum atomic E-state index is -3.25. The van der Waals surface area contributed by atoms with Crippen LogP contribution in [0.3, 0.4) is 0 Å². The fourth-order valence-corrected chi connectivity index (χ4v) is 2.53. The van der Waals surface area contributed by atoms with Gasteiger partial charge in [0.05, 0.1) is 11.4 Å². The van der Waals surface area contributed by atoms with Crippen LogP contribution in [0.25, 0.3) is 0 Å². The fraction of sp³-hybridized carbons (Fsp3) is 0.286. The normalized spacial score (nSPS) is 12.9. The van der Waals surface area contributed by atoms with Crippen LogP contribution in [-0.2, 0) is 16.4 Å². The zero-order valence-corrected chi connectivity index (χ0v) is 12.7. The summed E-state index contributed by atoms with van der Waals surface area (Å²) in [6, 6.07) is 7.61. The summed E-state index contributed by atoms with van der Waals surface area (Å²) in [4.78, 5) is 12.3. The van der Waals surface area contributed by atoms with E-state index in [-0.39, 0.29) is 16.8 Å². The van der Waals surface area contributed by atoms with Crippen molar-refractivity contribution < 1.29 is 13.2 Å². The molecule has 2 rings (SSSR count). The van der Waals surface area contributed by atoms with Gasteiger partial charge in [0.2, 0.25) is 0 Å². The molecule has 0 aliphatic carbocycles. The molecule has 1 aromatic heterocycles. The number of benzene rings is 1. The van der Waals surface area contributed by atoms with Crippen molar-refractivity contribution in [2.75, 3.05) is 6.26 Å². The van der Waals surface area contributed by atoms with Crippen molar-refractivity contribution in [3.8, 4) is 0 Å². The monoisotopic (exact) mass is 307 g/mol. The molecule has 1 aromatic carbocycles. The van der Waals surface area contributed by atoms with Crippen LogP contribution < -0.4 is 5.32 Å². The van der Waals surface area contributed by atoms with Gasteiger partial charge in [-0.2, -0.15) is 5.10 Å². The summed E-state index contributed by atoms with van der Waals surface area (Å²) >= 11 is 0. The van der Waals surface area contributed by atoms with E-state index in [0.29, 0.717) is 12.1 Å². The largest absolute Gasteiger partial charge is 0.348 e. The van der Waals surface area contributed by atoms with Gasteiger partial charge in [-0.05, 0) is 37.3 Å². The summed E-state index contributed by atoms with van der Waals surface area (Å²) in [6.07, 6.45) is 4.64. The highest BCUT2D eigenvalue weighted by atomic mass is 32.2. The number of carbonyl (C=O) groups is 1. The van der Waals surface area contributed by atoms with E-state index in [2.05, 4.69) is 10.4 Å². The first-order chi connectivity index (χ1) is 9.86. The van der Waals surface area contributed by atoms with Crippen LogP contribution in [0.4, 0.5) is 0 Å². The molecule has 21 heavy (non-hydrogen) atoms. The maximum atomic E-state index is 12.1. The zero-order chi connectivity index (χ0) is 15.5. The minimum absolute atomic E-state index is 0.0908. The molecule has 0 saturated carbocycles. The second kappa shape index (κ2) is 6.09. The highest BCUT2D eigenvalue weighted by Crippen LogP contribution is 2.10. The van der Waals surface area contributed by atoms with Gasteiger partial charge >= 0.3 is 0 Å². The van der Waals surface area contributed by atoms with Crippen LogP contribution in [-0.4, -0.2) is 36.4 Å². The molecule has 7 heteroatoms. The van der Waals surface area contributed by atoms with Crippen LogP contribution in [0.15, 0.2) is 47.6 Å². The van der Waals surface area contributed by atoms with E-state index < -0.39 is 9.84 Å². The van der Waals surface area contributed by atoms with Gasteiger partial charge in [0, 0.05) is 30.3 Å². The zero-order valence-electron chi connectivity index (χ0n) is 11.9. The molecule has 1 N–H and O–H groups in total. The summed E-state index contributed by atoms with van der Waals surface area (Å²) in [5.74, 6) is -0.241. The fourth-order valence-electron chi connectivity index (χ4n) is 1.90. The van der Waals surface area contributed by atoms with Crippen molar-refractivity contribution >= 4 is 15.7 Å². The third-order valence-corrected chi connectivity index (χ3v) is 4.07. The molecule has 1 heterocycles. The summed E-state index contributed by atoms with van der Waals surface area (Å²) < 4.78 is 24.5. The lowest BCUT2D eigenvalue weighted by atomic mass is 10.2. The van der Waals surface area contributed by atoms with E-state index in [4.69, 9.17) is 0 Å². The van der Waals surface area contributed by atoms with Gasteiger partial charge in [-0.1, -0.05) is 0 Å². The van der Waals surface area contributed by atoms with Gasteiger partial charge in [-0.25, -0.2) is 8.42 Å². The van der Waals surface area contributed by atoms with Gasteiger partial charge < -0.3 is 5.32 Å². The van der Waals surface area contributed by atoms with Crippen molar-refractivity contribution in [3.05, 3.63) is 48.3 Å². The van der Waals surface area contributed by atoms with E-state index in [0.717, 1.165) is 6.26 Å². The molecular weight excluding hydrogens is 290 g/mol. The highest BCUT2D eigenvalue weighted by molar-refractivity contribution is 7.90. The summed E-state index contributed by atoms with van der Waals surface area (Å²) in [5.41, 5.74) is 0.426. The molecule has 112 valence electrons. The van der Waals surface area contributed by atoms with Crippen LogP contribution in [0.1, 0.15) is 17.3 Å². The van der Waals surface area contributed by atoms with Crippen molar-refractivity contribution in [3.63, 3.8) is 0 Å². The quantitative estimate of drug-likeness (QED) is 0.897. The van der Waals surface area contributed by atoms with Crippen molar-refractivity contribution in [2.45, 2.75) is 24.4 Å². The number of nitrogens with one attached hydrogen (secondary N) is 1. The summed E-state index contributed by atoms with van der Waals surface area (Å²) in [7, 11) is -3.25. The second-order valence-corrected chi connectivity index (χ2v) is 6.91. The topological polar surface area (TPSA) is 81.1 Å². The van der Waals surface area contributed by atoms with Gasteiger partial charge in [0.15, 0.2) is 9.84 Å². The molecule has 0 spiro atoms. The number of aromatic nitrogens is 2. The first-order valence-corrected chi connectivity index (χ1v) is 8.34. The van der Waals surface area contributed by atoms with Gasteiger partial charge in [0.25, 0.3) is 5.91 Å².